The normalized spacial score (nSPS) is 29.3. The molecule has 0 radical (unpaired) electrons. The van der Waals surface area contributed by atoms with Crippen molar-refractivity contribution in [2.24, 2.45) is 0 Å². The molecular formula is C9H13NO3S. The Morgan fingerprint density at radius 2 is 2.07 bits per heavy atom. The van der Waals surface area contributed by atoms with E-state index in [1.54, 1.807) is 0 Å². The van der Waals surface area contributed by atoms with Crippen molar-refractivity contribution in [1.29, 1.82) is 0 Å². The number of carbonyl (C=O) groups excluding carboxylic acids is 2. The predicted octanol–water partition coefficient (Wildman–Crippen LogP) is 0.267. The van der Waals surface area contributed by atoms with E-state index in [2.05, 4.69) is 4.74 Å². The van der Waals surface area contributed by atoms with Crippen LogP contribution in [-0.4, -0.2) is 47.5 Å². The molecule has 1 atom stereocenters. The minimum absolute atomic E-state index is 0.267. The lowest BCUT2D eigenvalue weighted by Crippen LogP contribution is -2.45. The van der Waals surface area contributed by atoms with Crippen LogP contribution in [0.15, 0.2) is 0 Å². The molecule has 2 heterocycles. The standard InChI is InChI=1S/C9H13NO3S/c11-8-5-10(6-9(12)13-8)4-7-2-1-3-14-7/h7H,1-6H2. The Bertz CT molecular complexity index is 234. The molecule has 0 aliphatic carbocycles. The van der Waals surface area contributed by atoms with E-state index in [4.69, 9.17) is 0 Å². The number of carbonyl (C=O) groups is 2. The molecule has 0 amide bonds. The summed E-state index contributed by atoms with van der Waals surface area (Å²) in [5.74, 6) is 0.380. The van der Waals surface area contributed by atoms with Crippen molar-refractivity contribution in [2.75, 3.05) is 25.4 Å². The van der Waals surface area contributed by atoms with Crippen LogP contribution in [0.2, 0.25) is 0 Å². The predicted molar refractivity (Wildman–Crippen MR) is 53.0 cm³/mol. The fraction of sp³-hybridized carbons (Fsp3) is 0.778. The summed E-state index contributed by atoms with van der Waals surface area (Å²) in [5, 5.41) is 0.591. The number of esters is 2. The van der Waals surface area contributed by atoms with E-state index in [-0.39, 0.29) is 13.1 Å². The molecule has 0 aromatic heterocycles. The first-order valence-electron chi connectivity index (χ1n) is 4.81. The van der Waals surface area contributed by atoms with Crippen LogP contribution in [0.4, 0.5) is 0 Å². The summed E-state index contributed by atoms with van der Waals surface area (Å²) in [7, 11) is 0. The molecule has 2 aliphatic rings. The van der Waals surface area contributed by atoms with Gasteiger partial charge in [0, 0.05) is 11.8 Å². The highest BCUT2D eigenvalue weighted by molar-refractivity contribution is 8.00. The molecule has 78 valence electrons. The lowest BCUT2D eigenvalue weighted by Gasteiger charge is -2.26. The highest BCUT2D eigenvalue weighted by Gasteiger charge is 2.27. The van der Waals surface area contributed by atoms with Gasteiger partial charge in [0.25, 0.3) is 0 Å². The zero-order valence-corrected chi connectivity index (χ0v) is 8.72. The van der Waals surface area contributed by atoms with Gasteiger partial charge in [-0.2, -0.15) is 11.8 Å². The first kappa shape index (κ1) is 9.98. The van der Waals surface area contributed by atoms with Gasteiger partial charge >= 0.3 is 11.9 Å². The average Bonchev–Trinajstić information content (AvgIpc) is 2.54. The van der Waals surface area contributed by atoms with Crippen LogP contribution in [0.25, 0.3) is 0 Å². The van der Waals surface area contributed by atoms with Crippen molar-refractivity contribution in [3.8, 4) is 0 Å². The molecule has 2 rings (SSSR count). The summed E-state index contributed by atoms with van der Waals surface area (Å²) in [6, 6.07) is 0. The Labute approximate surface area is 87.0 Å². The third-order valence-corrected chi connectivity index (χ3v) is 3.80. The summed E-state index contributed by atoms with van der Waals surface area (Å²) in [4.78, 5) is 23.8. The molecule has 0 aromatic carbocycles. The van der Waals surface area contributed by atoms with Crippen LogP contribution >= 0.6 is 11.8 Å². The SMILES string of the molecule is O=C1CN(CC2CCCS2)CC(=O)O1. The van der Waals surface area contributed by atoms with Crippen molar-refractivity contribution in [2.45, 2.75) is 18.1 Å². The highest BCUT2D eigenvalue weighted by Crippen LogP contribution is 2.26. The molecule has 2 saturated heterocycles. The van der Waals surface area contributed by atoms with Crippen LogP contribution in [0.1, 0.15) is 12.8 Å². The van der Waals surface area contributed by atoms with E-state index >= 15 is 0 Å². The first-order chi connectivity index (χ1) is 6.74. The lowest BCUT2D eigenvalue weighted by molar-refractivity contribution is -0.166. The van der Waals surface area contributed by atoms with Crippen molar-refractivity contribution >= 4 is 23.7 Å². The summed E-state index contributed by atoms with van der Waals surface area (Å²) in [6.45, 7) is 1.37. The smallest absolute Gasteiger partial charge is 0.327 e. The number of morpholine rings is 1. The number of cyclic esters (lactones) is 2. The molecule has 5 heteroatoms. The second-order valence-corrected chi connectivity index (χ2v) is 5.06. The molecule has 1 unspecified atom stereocenters. The van der Waals surface area contributed by atoms with Crippen molar-refractivity contribution < 1.29 is 14.3 Å². The largest absolute Gasteiger partial charge is 0.391 e. The van der Waals surface area contributed by atoms with E-state index in [1.807, 2.05) is 16.7 Å². The van der Waals surface area contributed by atoms with Crippen LogP contribution in [0, 0.1) is 0 Å². The maximum Gasteiger partial charge on any atom is 0.327 e. The molecular weight excluding hydrogens is 202 g/mol. The lowest BCUT2D eigenvalue weighted by atomic mass is 10.2. The van der Waals surface area contributed by atoms with E-state index in [9.17, 15) is 9.59 Å². The fourth-order valence-corrected chi connectivity index (χ4v) is 3.13. The zero-order chi connectivity index (χ0) is 9.97. The quantitative estimate of drug-likeness (QED) is 0.488. The minimum Gasteiger partial charge on any atom is -0.391 e. The van der Waals surface area contributed by atoms with Crippen molar-refractivity contribution in [3.05, 3.63) is 0 Å². The molecule has 2 aliphatic heterocycles. The van der Waals surface area contributed by atoms with Gasteiger partial charge in [-0.05, 0) is 18.6 Å². The van der Waals surface area contributed by atoms with Gasteiger partial charge < -0.3 is 4.74 Å². The van der Waals surface area contributed by atoms with Gasteiger partial charge in [-0.1, -0.05) is 0 Å². The van der Waals surface area contributed by atoms with E-state index in [1.165, 1.54) is 18.6 Å². The molecule has 0 spiro atoms. The summed E-state index contributed by atoms with van der Waals surface area (Å²) < 4.78 is 4.45. The molecule has 0 bridgehead atoms. The van der Waals surface area contributed by atoms with Crippen LogP contribution in [0.5, 0.6) is 0 Å². The number of rotatable bonds is 2. The molecule has 0 N–H and O–H groups in total. The number of thioether (sulfide) groups is 1. The van der Waals surface area contributed by atoms with E-state index in [0.717, 1.165) is 6.54 Å². The number of hydrogen-bond acceptors (Lipinski definition) is 5. The Kier molecular flexibility index (Phi) is 3.08. The average molecular weight is 215 g/mol. The third kappa shape index (κ3) is 2.48. The van der Waals surface area contributed by atoms with Crippen LogP contribution in [0.3, 0.4) is 0 Å². The van der Waals surface area contributed by atoms with Gasteiger partial charge in [-0.3, -0.25) is 14.5 Å². The molecule has 0 saturated carbocycles. The van der Waals surface area contributed by atoms with Crippen LogP contribution in [-0.2, 0) is 14.3 Å². The topological polar surface area (TPSA) is 46.6 Å². The van der Waals surface area contributed by atoms with Gasteiger partial charge in [0.05, 0.1) is 13.1 Å². The summed E-state index contributed by atoms with van der Waals surface area (Å²) in [5.41, 5.74) is 0. The van der Waals surface area contributed by atoms with Crippen LogP contribution < -0.4 is 0 Å². The molecule has 14 heavy (non-hydrogen) atoms. The van der Waals surface area contributed by atoms with Crippen molar-refractivity contribution in [1.82, 2.24) is 4.90 Å². The van der Waals surface area contributed by atoms with Gasteiger partial charge in [0.1, 0.15) is 0 Å². The molecule has 4 nitrogen and oxygen atoms in total. The number of nitrogens with zero attached hydrogens (tertiary/aromatic N) is 1. The zero-order valence-electron chi connectivity index (χ0n) is 7.90. The fourth-order valence-electron chi connectivity index (χ4n) is 1.82. The van der Waals surface area contributed by atoms with Gasteiger partial charge in [0.15, 0.2) is 0 Å². The minimum atomic E-state index is -0.413. The highest BCUT2D eigenvalue weighted by atomic mass is 32.2. The second kappa shape index (κ2) is 4.31. The van der Waals surface area contributed by atoms with Gasteiger partial charge in [-0.15, -0.1) is 0 Å². The number of hydrogen-bond donors (Lipinski definition) is 0. The maximum absolute atomic E-state index is 11.0. The van der Waals surface area contributed by atoms with E-state index in [0.29, 0.717) is 5.25 Å². The Hall–Kier alpha value is -0.550. The monoisotopic (exact) mass is 215 g/mol. The van der Waals surface area contributed by atoms with Crippen molar-refractivity contribution in [3.63, 3.8) is 0 Å². The Morgan fingerprint density at radius 3 is 2.64 bits per heavy atom. The number of ether oxygens (including phenoxy) is 1. The second-order valence-electron chi connectivity index (χ2n) is 3.65. The molecule has 0 aromatic rings. The van der Waals surface area contributed by atoms with Gasteiger partial charge in [0.2, 0.25) is 0 Å². The first-order valence-corrected chi connectivity index (χ1v) is 5.86. The van der Waals surface area contributed by atoms with E-state index < -0.39 is 11.9 Å². The summed E-state index contributed by atoms with van der Waals surface area (Å²) >= 11 is 1.93. The summed E-state index contributed by atoms with van der Waals surface area (Å²) in [6.07, 6.45) is 2.45. The maximum atomic E-state index is 11.0. The van der Waals surface area contributed by atoms with Gasteiger partial charge in [-0.25, -0.2) is 0 Å². The third-order valence-electron chi connectivity index (χ3n) is 2.42. The molecule has 2 fully saturated rings. The Balaban J connectivity index is 1.84. The Morgan fingerprint density at radius 1 is 1.36 bits per heavy atom.